The third-order valence-electron chi connectivity index (χ3n) is 5.07. The van der Waals surface area contributed by atoms with Gasteiger partial charge in [-0.1, -0.05) is 30.3 Å². The van der Waals surface area contributed by atoms with Gasteiger partial charge in [0.2, 0.25) is 17.6 Å². The minimum absolute atomic E-state index is 0.0357. The predicted octanol–water partition coefficient (Wildman–Crippen LogP) is 3.80. The van der Waals surface area contributed by atoms with E-state index in [0.717, 1.165) is 5.69 Å². The largest absolute Gasteiger partial charge is 0.341 e. The molecule has 2 N–H and O–H groups in total. The summed E-state index contributed by atoms with van der Waals surface area (Å²) in [6.07, 6.45) is 0.654. The van der Waals surface area contributed by atoms with Crippen LogP contribution in [0.25, 0.3) is 0 Å². The van der Waals surface area contributed by atoms with Crippen LogP contribution in [-0.2, 0) is 16.1 Å². The van der Waals surface area contributed by atoms with E-state index < -0.39 is 0 Å². The van der Waals surface area contributed by atoms with E-state index in [4.69, 9.17) is 0 Å². The molecule has 0 saturated carbocycles. The number of ketones is 1. The molecule has 0 aliphatic carbocycles. The van der Waals surface area contributed by atoms with E-state index in [1.807, 2.05) is 28.8 Å². The number of anilines is 2. The van der Waals surface area contributed by atoms with Gasteiger partial charge in [0.1, 0.15) is 0 Å². The van der Waals surface area contributed by atoms with Gasteiger partial charge in [-0.2, -0.15) is 0 Å². The molecule has 6 nitrogen and oxygen atoms in total. The van der Waals surface area contributed by atoms with Crippen molar-refractivity contribution in [3.8, 4) is 0 Å². The molecule has 29 heavy (non-hydrogen) atoms. The molecular formula is C23H21N3O3. The first-order valence-corrected chi connectivity index (χ1v) is 9.50. The summed E-state index contributed by atoms with van der Waals surface area (Å²) in [7, 11) is 0. The first-order valence-electron chi connectivity index (χ1n) is 9.50. The normalized spacial score (nSPS) is 14.9. The molecule has 2 amide bonds. The molecule has 2 heterocycles. The number of carbonyl (C=O) groups is 3. The lowest BCUT2D eigenvalue weighted by Crippen LogP contribution is -2.19. The van der Waals surface area contributed by atoms with Crippen LogP contribution in [0.1, 0.15) is 41.0 Å². The van der Waals surface area contributed by atoms with E-state index >= 15 is 0 Å². The molecule has 1 unspecified atom stereocenters. The van der Waals surface area contributed by atoms with Crippen molar-refractivity contribution in [2.75, 3.05) is 10.6 Å². The average Bonchev–Trinajstić information content (AvgIpc) is 3.31. The van der Waals surface area contributed by atoms with Gasteiger partial charge in [0.15, 0.2) is 0 Å². The highest BCUT2D eigenvalue weighted by molar-refractivity contribution is 6.08. The summed E-state index contributed by atoms with van der Waals surface area (Å²) in [5, 5.41) is 5.62. The summed E-state index contributed by atoms with van der Waals surface area (Å²) in [5.41, 5.74) is 3.45. The quantitative estimate of drug-likeness (QED) is 0.654. The van der Waals surface area contributed by atoms with Gasteiger partial charge in [0.25, 0.3) is 0 Å². The monoisotopic (exact) mass is 387 g/mol. The number of rotatable bonds is 5. The number of hydrogen-bond acceptors (Lipinski definition) is 3. The van der Waals surface area contributed by atoms with Crippen LogP contribution in [0.15, 0.2) is 66.7 Å². The number of aromatic nitrogens is 1. The second kappa shape index (κ2) is 7.75. The number of nitrogens with one attached hydrogen (secondary N) is 2. The van der Waals surface area contributed by atoms with Crippen molar-refractivity contribution < 1.29 is 14.4 Å². The Hall–Kier alpha value is -3.67. The molecule has 146 valence electrons. The SMILES string of the molecule is CC(=O)Nc1ccc(NC(=O)C2CCn3c(C(=O)c4ccccc4)ccc32)cc1. The summed E-state index contributed by atoms with van der Waals surface area (Å²) in [5.74, 6) is -0.587. The number of benzene rings is 2. The lowest BCUT2D eigenvalue weighted by molar-refractivity contribution is -0.117. The fourth-order valence-electron chi connectivity index (χ4n) is 3.71. The van der Waals surface area contributed by atoms with Gasteiger partial charge in [-0.15, -0.1) is 0 Å². The Morgan fingerprint density at radius 1 is 0.862 bits per heavy atom. The third kappa shape index (κ3) is 3.82. The molecule has 1 aliphatic heterocycles. The maximum atomic E-state index is 12.8. The van der Waals surface area contributed by atoms with Crippen LogP contribution in [0.2, 0.25) is 0 Å². The van der Waals surface area contributed by atoms with Crippen molar-refractivity contribution >= 4 is 29.0 Å². The topological polar surface area (TPSA) is 80.2 Å². The molecule has 6 heteroatoms. The number of fused-ring (bicyclic) bond motifs is 1. The minimum atomic E-state index is -0.303. The van der Waals surface area contributed by atoms with Crippen LogP contribution in [0.3, 0.4) is 0 Å². The molecule has 1 aliphatic rings. The molecule has 0 fully saturated rings. The van der Waals surface area contributed by atoms with Crippen LogP contribution in [0, 0.1) is 0 Å². The van der Waals surface area contributed by atoms with E-state index in [1.165, 1.54) is 6.92 Å². The van der Waals surface area contributed by atoms with E-state index in [2.05, 4.69) is 10.6 Å². The maximum Gasteiger partial charge on any atom is 0.233 e. The van der Waals surface area contributed by atoms with E-state index in [0.29, 0.717) is 35.6 Å². The lowest BCUT2D eigenvalue weighted by atomic mass is 10.0. The zero-order valence-corrected chi connectivity index (χ0v) is 16.0. The van der Waals surface area contributed by atoms with Crippen molar-refractivity contribution in [1.82, 2.24) is 4.57 Å². The lowest BCUT2D eigenvalue weighted by Gasteiger charge is -2.11. The standard InChI is InChI=1S/C23H21N3O3/c1-15(27)24-17-7-9-18(10-8-17)25-23(29)19-13-14-26-20(19)11-12-21(26)22(28)16-5-3-2-4-6-16/h2-12,19H,13-14H2,1H3,(H,24,27)(H,25,29). The first kappa shape index (κ1) is 18.7. The number of hydrogen-bond donors (Lipinski definition) is 2. The smallest absolute Gasteiger partial charge is 0.233 e. The van der Waals surface area contributed by atoms with Crippen LogP contribution >= 0.6 is 0 Å². The fraction of sp³-hybridized carbons (Fsp3) is 0.174. The Morgan fingerprint density at radius 3 is 2.17 bits per heavy atom. The maximum absolute atomic E-state index is 12.8. The van der Waals surface area contributed by atoms with Crippen LogP contribution < -0.4 is 10.6 Å². The van der Waals surface area contributed by atoms with Crippen LogP contribution in [0.4, 0.5) is 11.4 Å². The highest BCUT2D eigenvalue weighted by Gasteiger charge is 2.32. The number of carbonyl (C=O) groups excluding carboxylic acids is 3. The van der Waals surface area contributed by atoms with Gasteiger partial charge in [-0.05, 0) is 42.8 Å². The van der Waals surface area contributed by atoms with Gasteiger partial charge in [0.05, 0.1) is 11.6 Å². The molecule has 0 spiro atoms. The molecule has 4 rings (SSSR count). The van der Waals surface area contributed by atoms with E-state index in [1.54, 1.807) is 42.5 Å². The zero-order chi connectivity index (χ0) is 20.4. The molecule has 1 atom stereocenters. The Balaban J connectivity index is 1.48. The van der Waals surface area contributed by atoms with Gasteiger partial charge < -0.3 is 15.2 Å². The van der Waals surface area contributed by atoms with Crippen molar-refractivity contribution in [3.63, 3.8) is 0 Å². The molecule has 0 radical (unpaired) electrons. The fourth-order valence-corrected chi connectivity index (χ4v) is 3.71. The van der Waals surface area contributed by atoms with Gasteiger partial charge in [-0.25, -0.2) is 0 Å². The molecule has 3 aromatic rings. The second-order valence-corrected chi connectivity index (χ2v) is 7.08. The Labute approximate surface area is 168 Å². The van der Waals surface area contributed by atoms with Gasteiger partial charge in [0, 0.05) is 36.1 Å². The summed E-state index contributed by atoms with van der Waals surface area (Å²) in [4.78, 5) is 36.7. The third-order valence-corrected chi connectivity index (χ3v) is 5.07. The predicted molar refractivity (Wildman–Crippen MR) is 111 cm³/mol. The Kier molecular flexibility index (Phi) is 4.99. The van der Waals surface area contributed by atoms with Crippen molar-refractivity contribution in [1.29, 1.82) is 0 Å². The summed E-state index contributed by atoms with van der Waals surface area (Å²) in [6, 6.07) is 19.8. The van der Waals surface area contributed by atoms with Crippen molar-refractivity contribution in [2.45, 2.75) is 25.8 Å². The highest BCUT2D eigenvalue weighted by atomic mass is 16.2. The highest BCUT2D eigenvalue weighted by Crippen LogP contribution is 2.32. The summed E-state index contributed by atoms with van der Waals surface area (Å²) in [6.45, 7) is 2.08. The second-order valence-electron chi connectivity index (χ2n) is 7.08. The van der Waals surface area contributed by atoms with Gasteiger partial charge >= 0.3 is 0 Å². The van der Waals surface area contributed by atoms with E-state index in [9.17, 15) is 14.4 Å². The average molecular weight is 387 g/mol. The Morgan fingerprint density at radius 2 is 1.52 bits per heavy atom. The molecule has 2 aromatic carbocycles. The van der Waals surface area contributed by atoms with Crippen molar-refractivity contribution in [3.05, 3.63) is 83.7 Å². The molecule has 0 saturated heterocycles. The zero-order valence-electron chi connectivity index (χ0n) is 16.0. The first-order chi connectivity index (χ1) is 14.0. The number of nitrogens with zero attached hydrogens (tertiary/aromatic N) is 1. The summed E-state index contributed by atoms with van der Waals surface area (Å²) < 4.78 is 1.94. The van der Waals surface area contributed by atoms with Gasteiger partial charge in [-0.3, -0.25) is 14.4 Å². The Bertz CT molecular complexity index is 1070. The number of amides is 2. The molecule has 1 aromatic heterocycles. The molecular weight excluding hydrogens is 366 g/mol. The summed E-state index contributed by atoms with van der Waals surface area (Å²) >= 11 is 0. The van der Waals surface area contributed by atoms with Crippen molar-refractivity contribution in [2.24, 2.45) is 0 Å². The molecule has 0 bridgehead atoms. The van der Waals surface area contributed by atoms with E-state index in [-0.39, 0.29) is 23.5 Å². The van der Waals surface area contributed by atoms with Crippen LogP contribution in [-0.4, -0.2) is 22.2 Å². The van der Waals surface area contributed by atoms with Crippen LogP contribution in [0.5, 0.6) is 0 Å². The minimum Gasteiger partial charge on any atom is -0.341 e.